The molecule has 0 aliphatic carbocycles. The highest BCUT2D eigenvalue weighted by molar-refractivity contribution is 5.96. The Morgan fingerprint density at radius 1 is 1.56 bits per heavy atom. The van der Waals surface area contributed by atoms with Gasteiger partial charge in [0.2, 0.25) is 0 Å². The SMILES string of the molecule is CCOC(=O)c1cc(N)nc(C(F)F)c1N. The van der Waals surface area contributed by atoms with Crippen LogP contribution in [0.2, 0.25) is 0 Å². The normalized spacial score (nSPS) is 10.5. The molecule has 0 aliphatic heterocycles. The predicted octanol–water partition coefficient (Wildman–Crippen LogP) is 1.36. The van der Waals surface area contributed by atoms with Crippen molar-refractivity contribution < 1.29 is 18.3 Å². The van der Waals surface area contributed by atoms with Crippen molar-refractivity contribution in [2.45, 2.75) is 13.3 Å². The van der Waals surface area contributed by atoms with Gasteiger partial charge in [0.25, 0.3) is 6.43 Å². The van der Waals surface area contributed by atoms with Gasteiger partial charge in [-0.2, -0.15) is 0 Å². The molecule has 0 radical (unpaired) electrons. The number of ether oxygens (including phenoxy) is 1. The first-order valence-corrected chi connectivity index (χ1v) is 4.48. The average Bonchev–Trinajstić information content (AvgIpc) is 2.20. The number of carbonyl (C=O) groups is 1. The van der Waals surface area contributed by atoms with Crippen molar-refractivity contribution in [3.8, 4) is 0 Å². The smallest absolute Gasteiger partial charge is 0.340 e. The van der Waals surface area contributed by atoms with Gasteiger partial charge < -0.3 is 16.2 Å². The Hall–Kier alpha value is -1.92. The molecule has 7 heteroatoms. The number of nitrogens with two attached hydrogens (primary N) is 2. The van der Waals surface area contributed by atoms with Gasteiger partial charge in [0.15, 0.2) is 0 Å². The Kier molecular flexibility index (Phi) is 3.60. The largest absolute Gasteiger partial charge is 0.462 e. The van der Waals surface area contributed by atoms with Gasteiger partial charge in [-0.3, -0.25) is 0 Å². The molecule has 1 aromatic heterocycles. The quantitative estimate of drug-likeness (QED) is 0.766. The Morgan fingerprint density at radius 3 is 2.69 bits per heavy atom. The molecular weight excluding hydrogens is 220 g/mol. The highest BCUT2D eigenvalue weighted by Gasteiger charge is 2.21. The van der Waals surface area contributed by atoms with E-state index in [1.54, 1.807) is 6.92 Å². The minimum absolute atomic E-state index is 0.116. The van der Waals surface area contributed by atoms with Gasteiger partial charge in [-0.05, 0) is 13.0 Å². The number of aromatic nitrogens is 1. The fraction of sp³-hybridized carbons (Fsp3) is 0.333. The lowest BCUT2D eigenvalue weighted by Crippen LogP contribution is -2.12. The van der Waals surface area contributed by atoms with Crippen LogP contribution in [0.4, 0.5) is 20.3 Å². The Bertz CT molecular complexity index is 410. The first-order chi connectivity index (χ1) is 7.47. The third kappa shape index (κ3) is 2.36. The van der Waals surface area contributed by atoms with Crippen molar-refractivity contribution in [2.75, 3.05) is 18.1 Å². The van der Waals surface area contributed by atoms with Gasteiger partial charge in [0.05, 0.1) is 17.9 Å². The van der Waals surface area contributed by atoms with Crippen LogP contribution in [0.25, 0.3) is 0 Å². The van der Waals surface area contributed by atoms with Gasteiger partial charge in [0.1, 0.15) is 11.5 Å². The van der Waals surface area contributed by atoms with Crippen molar-refractivity contribution in [1.29, 1.82) is 0 Å². The number of esters is 1. The van der Waals surface area contributed by atoms with Crippen molar-refractivity contribution in [3.63, 3.8) is 0 Å². The second-order valence-corrected chi connectivity index (χ2v) is 2.91. The maximum Gasteiger partial charge on any atom is 0.340 e. The fourth-order valence-corrected chi connectivity index (χ4v) is 1.14. The van der Waals surface area contributed by atoms with Gasteiger partial charge in [-0.1, -0.05) is 0 Å². The molecule has 0 spiro atoms. The standard InChI is InChI=1S/C9H11F2N3O2/c1-2-16-9(15)4-3-5(12)14-7(6(4)13)8(10)11/h3,8H,2,13H2,1H3,(H2,12,14). The second kappa shape index (κ2) is 4.73. The van der Waals surface area contributed by atoms with E-state index in [1.165, 1.54) is 0 Å². The van der Waals surface area contributed by atoms with Gasteiger partial charge in [-0.15, -0.1) is 0 Å². The van der Waals surface area contributed by atoms with Crippen molar-refractivity contribution in [2.24, 2.45) is 0 Å². The van der Waals surface area contributed by atoms with Gasteiger partial charge >= 0.3 is 5.97 Å². The molecule has 1 rings (SSSR count). The Morgan fingerprint density at radius 2 is 2.19 bits per heavy atom. The molecule has 0 aliphatic rings. The number of hydrogen-bond acceptors (Lipinski definition) is 5. The zero-order chi connectivity index (χ0) is 12.3. The topological polar surface area (TPSA) is 91.2 Å². The molecule has 1 heterocycles. The van der Waals surface area contributed by atoms with E-state index < -0.39 is 23.8 Å². The molecule has 0 fully saturated rings. The molecule has 0 bridgehead atoms. The van der Waals surface area contributed by atoms with Crippen LogP contribution in [0.15, 0.2) is 6.07 Å². The minimum Gasteiger partial charge on any atom is -0.462 e. The molecule has 0 atom stereocenters. The van der Waals surface area contributed by atoms with Gasteiger partial charge in [0, 0.05) is 0 Å². The summed E-state index contributed by atoms with van der Waals surface area (Å²) in [5.41, 5.74) is 9.38. The van der Waals surface area contributed by atoms with Crippen LogP contribution in [-0.2, 0) is 4.74 Å². The van der Waals surface area contributed by atoms with Crippen LogP contribution < -0.4 is 11.5 Å². The maximum absolute atomic E-state index is 12.5. The van der Waals surface area contributed by atoms with E-state index in [0.29, 0.717) is 0 Å². The average molecular weight is 231 g/mol. The summed E-state index contributed by atoms with van der Waals surface area (Å²) in [6.07, 6.45) is -2.89. The number of alkyl halides is 2. The summed E-state index contributed by atoms with van der Waals surface area (Å²) >= 11 is 0. The molecular formula is C9H11F2N3O2. The lowest BCUT2D eigenvalue weighted by atomic mass is 10.1. The molecule has 16 heavy (non-hydrogen) atoms. The molecule has 0 saturated carbocycles. The number of halogens is 2. The van der Waals surface area contributed by atoms with Crippen LogP contribution in [0, 0.1) is 0 Å². The molecule has 0 amide bonds. The summed E-state index contributed by atoms with van der Waals surface area (Å²) in [7, 11) is 0. The number of pyridine rings is 1. The predicted molar refractivity (Wildman–Crippen MR) is 54.0 cm³/mol. The van der Waals surface area contributed by atoms with E-state index in [0.717, 1.165) is 6.07 Å². The summed E-state index contributed by atoms with van der Waals surface area (Å²) in [6, 6.07) is 1.11. The number of nitrogen functional groups attached to an aromatic ring is 2. The molecule has 4 N–H and O–H groups in total. The molecule has 5 nitrogen and oxygen atoms in total. The lowest BCUT2D eigenvalue weighted by Gasteiger charge is -2.10. The van der Waals surface area contributed by atoms with Crippen molar-refractivity contribution in [3.05, 3.63) is 17.3 Å². The number of carbonyl (C=O) groups excluding carboxylic acids is 1. The summed E-state index contributed by atoms with van der Waals surface area (Å²) < 4.78 is 29.6. The van der Waals surface area contributed by atoms with Crippen LogP contribution in [0.5, 0.6) is 0 Å². The zero-order valence-electron chi connectivity index (χ0n) is 8.54. The van der Waals surface area contributed by atoms with E-state index in [1.807, 2.05) is 0 Å². The number of nitrogens with zero attached hydrogens (tertiary/aromatic N) is 1. The highest BCUT2D eigenvalue weighted by atomic mass is 19.3. The minimum atomic E-state index is -2.89. The van der Waals surface area contributed by atoms with Crippen LogP contribution in [0.1, 0.15) is 29.4 Å². The van der Waals surface area contributed by atoms with Crippen LogP contribution in [0.3, 0.4) is 0 Å². The Balaban J connectivity index is 3.24. The lowest BCUT2D eigenvalue weighted by molar-refractivity contribution is 0.0527. The van der Waals surface area contributed by atoms with E-state index in [-0.39, 0.29) is 18.0 Å². The third-order valence-electron chi connectivity index (χ3n) is 1.81. The fourth-order valence-electron chi connectivity index (χ4n) is 1.14. The number of rotatable bonds is 3. The summed E-state index contributed by atoms with van der Waals surface area (Å²) in [5.74, 6) is -0.997. The van der Waals surface area contributed by atoms with E-state index in [9.17, 15) is 13.6 Å². The van der Waals surface area contributed by atoms with Gasteiger partial charge in [-0.25, -0.2) is 18.6 Å². The molecule has 0 unspecified atom stereocenters. The van der Waals surface area contributed by atoms with E-state index in [4.69, 9.17) is 11.5 Å². The van der Waals surface area contributed by atoms with E-state index in [2.05, 4.69) is 9.72 Å². The summed E-state index contributed by atoms with van der Waals surface area (Å²) in [4.78, 5) is 14.7. The highest BCUT2D eigenvalue weighted by Crippen LogP contribution is 2.27. The molecule has 0 saturated heterocycles. The molecule has 0 aromatic carbocycles. The third-order valence-corrected chi connectivity index (χ3v) is 1.81. The Labute approximate surface area is 90.4 Å². The number of anilines is 2. The monoisotopic (exact) mass is 231 g/mol. The van der Waals surface area contributed by atoms with Crippen molar-refractivity contribution in [1.82, 2.24) is 4.98 Å². The molecule has 88 valence electrons. The second-order valence-electron chi connectivity index (χ2n) is 2.91. The van der Waals surface area contributed by atoms with Crippen LogP contribution in [-0.4, -0.2) is 17.6 Å². The summed E-state index contributed by atoms with van der Waals surface area (Å²) in [6.45, 7) is 1.71. The summed E-state index contributed by atoms with van der Waals surface area (Å²) in [5, 5.41) is 0. The number of hydrogen-bond donors (Lipinski definition) is 2. The first-order valence-electron chi connectivity index (χ1n) is 4.48. The maximum atomic E-state index is 12.5. The zero-order valence-corrected chi connectivity index (χ0v) is 8.54. The van der Waals surface area contributed by atoms with Crippen LogP contribution >= 0.6 is 0 Å². The molecule has 1 aromatic rings. The van der Waals surface area contributed by atoms with E-state index >= 15 is 0 Å². The van der Waals surface area contributed by atoms with Crippen molar-refractivity contribution >= 4 is 17.5 Å². The first kappa shape index (κ1) is 12.2.